The number of fused-ring (bicyclic) bond motifs is 1. The van der Waals surface area contributed by atoms with Crippen molar-refractivity contribution in [2.24, 2.45) is 0 Å². The molecule has 1 fully saturated rings. The van der Waals surface area contributed by atoms with Gasteiger partial charge in [-0.2, -0.15) is 0 Å². The number of halogens is 1. The molecule has 0 amide bonds. The highest BCUT2D eigenvalue weighted by Crippen LogP contribution is 2.24. The van der Waals surface area contributed by atoms with E-state index in [1.807, 2.05) is 0 Å². The van der Waals surface area contributed by atoms with E-state index in [0.29, 0.717) is 6.04 Å². The van der Waals surface area contributed by atoms with Crippen molar-refractivity contribution in [2.75, 3.05) is 13.1 Å². The van der Waals surface area contributed by atoms with Crippen LogP contribution in [-0.4, -0.2) is 17.7 Å². The van der Waals surface area contributed by atoms with Gasteiger partial charge in [0, 0.05) is 34.7 Å². The van der Waals surface area contributed by atoms with Crippen molar-refractivity contribution in [3.8, 4) is 0 Å². The van der Waals surface area contributed by atoms with Gasteiger partial charge in [-0.3, -0.25) is 0 Å². The van der Waals surface area contributed by atoms with Gasteiger partial charge in [0.2, 0.25) is 0 Å². The second-order valence-corrected chi connectivity index (χ2v) is 4.65. The first-order valence-corrected chi connectivity index (χ1v) is 5.61. The molecule has 72 valence electrons. The third kappa shape index (κ3) is 1.20. The summed E-state index contributed by atoms with van der Waals surface area (Å²) in [7, 11) is 0. The highest BCUT2D eigenvalue weighted by molar-refractivity contribution is 9.10. The monoisotopic (exact) mass is 250 g/mol. The summed E-state index contributed by atoms with van der Waals surface area (Å²) in [6, 6.07) is 9.27. The van der Waals surface area contributed by atoms with E-state index in [1.165, 1.54) is 10.9 Å². The normalized spacial score (nSPS) is 17.2. The maximum absolute atomic E-state index is 3.49. The van der Waals surface area contributed by atoms with E-state index >= 15 is 0 Å². The van der Waals surface area contributed by atoms with Gasteiger partial charge in [-0.25, -0.2) is 0 Å². The van der Waals surface area contributed by atoms with E-state index < -0.39 is 0 Å². The molecule has 0 bridgehead atoms. The lowest BCUT2D eigenvalue weighted by atomic mass is 10.1. The summed E-state index contributed by atoms with van der Waals surface area (Å²) in [5.41, 5.74) is 1.33. The fraction of sp³-hybridized carbons (Fsp3) is 0.273. The van der Waals surface area contributed by atoms with E-state index in [4.69, 9.17) is 0 Å². The largest absolute Gasteiger partial charge is 0.342 e. The van der Waals surface area contributed by atoms with Gasteiger partial charge in [0.1, 0.15) is 0 Å². The minimum atomic E-state index is 0.647. The third-order valence-electron chi connectivity index (χ3n) is 2.84. The lowest BCUT2D eigenvalue weighted by Crippen LogP contribution is -2.43. The topological polar surface area (TPSA) is 17.0 Å². The summed E-state index contributed by atoms with van der Waals surface area (Å²) >= 11 is 3.49. The van der Waals surface area contributed by atoms with E-state index in [2.05, 4.69) is 56.3 Å². The molecule has 1 N–H and O–H groups in total. The summed E-state index contributed by atoms with van der Waals surface area (Å²) in [6.07, 6.45) is 2.18. The second kappa shape index (κ2) is 3.11. The fourth-order valence-electron chi connectivity index (χ4n) is 1.92. The predicted octanol–water partition coefficient (Wildman–Crippen LogP) is 2.55. The Hall–Kier alpha value is -0.800. The Morgan fingerprint density at radius 3 is 2.86 bits per heavy atom. The molecule has 1 aromatic carbocycles. The van der Waals surface area contributed by atoms with Crippen molar-refractivity contribution in [2.45, 2.75) is 6.04 Å². The van der Waals surface area contributed by atoms with Crippen LogP contribution in [0.3, 0.4) is 0 Å². The summed E-state index contributed by atoms with van der Waals surface area (Å²) in [6.45, 7) is 2.19. The molecule has 2 nitrogen and oxygen atoms in total. The Kier molecular flexibility index (Phi) is 1.89. The SMILES string of the molecule is Brc1ccc2c(ccn2C2CNC2)c1. The van der Waals surface area contributed by atoms with Crippen LogP contribution in [0.25, 0.3) is 10.9 Å². The first-order chi connectivity index (χ1) is 6.84. The van der Waals surface area contributed by atoms with Crippen LogP contribution in [0.4, 0.5) is 0 Å². The van der Waals surface area contributed by atoms with Crippen molar-refractivity contribution < 1.29 is 0 Å². The molecule has 2 heterocycles. The average Bonchev–Trinajstić information content (AvgIpc) is 2.45. The van der Waals surface area contributed by atoms with E-state index in [-0.39, 0.29) is 0 Å². The predicted molar refractivity (Wildman–Crippen MR) is 61.5 cm³/mol. The molecule has 0 atom stereocenters. The third-order valence-corrected chi connectivity index (χ3v) is 3.33. The van der Waals surface area contributed by atoms with E-state index in [9.17, 15) is 0 Å². The summed E-state index contributed by atoms with van der Waals surface area (Å²) in [4.78, 5) is 0. The van der Waals surface area contributed by atoms with E-state index in [1.54, 1.807) is 0 Å². The van der Waals surface area contributed by atoms with Crippen LogP contribution >= 0.6 is 15.9 Å². The molecule has 0 spiro atoms. The maximum Gasteiger partial charge on any atom is 0.0585 e. The van der Waals surface area contributed by atoms with Gasteiger partial charge in [-0.15, -0.1) is 0 Å². The molecule has 14 heavy (non-hydrogen) atoms. The zero-order chi connectivity index (χ0) is 9.54. The Morgan fingerprint density at radius 1 is 1.29 bits per heavy atom. The average molecular weight is 251 g/mol. The summed E-state index contributed by atoms with van der Waals surface area (Å²) in [5, 5.41) is 4.61. The lowest BCUT2D eigenvalue weighted by molar-refractivity contribution is 0.352. The van der Waals surface area contributed by atoms with Crippen molar-refractivity contribution in [3.63, 3.8) is 0 Å². The summed E-state index contributed by atoms with van der Waals surface area (Å²) in [5.74, 6) is 0. The van der Waals surface area contributed by atoms with Crippen molar-refractivity contribution >= 4 is 26.8 Å². The van der Waals surface area contributed by atoms with Gasteiger partial charge in [0.15, 0.2) is 0 Å². The van der Waals surface area contributed by atoms with Crippen LogP contribution in [0, 0.1) is 0 Å². The Morgan fingerprint density at radius 2 is 2.14 bits per heavy atom. The molecule has 1 saturated heterocycles. The van der Waals surface area contributed by atoms with Gasteiger partial charge < -0.3 is 9.88 Å². The first kappa shape index (κ1) is 8.50. The van der Waals surface area contributed by atoms with Crippen LogP contribution in [0.5, 0.6) is 0 Å². The number of nitrogens with zero attached hydrogens (tertiary/aromatic N) is 1. The van der Waals surface area contributed by atoms with Gasteiger partial charge in [0.05, 0.1) is 6.04 Å². The van der Waals surface area contributed by atoms with Crippen molar-refractivity contribution in [3.05, 3.63) is 34.9 Å². The second-order valence-electron chi connectivity index (χ2n) is 3.74. The Bertz CT molecular complexity index is 471. The number of aromatic nitrogens is 1. The van der Waals surface area contributed by atoms with Crippen LogP contribution in [0.2, 0.25) is 0 Å². The Labute approximate surface area is 91.0 Å². The highest BCUT2D eigenvalue weighted by atomic mass is 79.9. The smallest absolute Gasteiger partial charge is 0.0585 e. The molecule has 0 radical (unpaired) electrons. The molecular weight excluding hydrogens is 240 g/mol. The highest BCUT2D eigenvalue weighted by Gasteiger charge is 2.19. The number of benzene rings is 1. The molecule has 0 aliphatic carbocycles. The number of hydrogen-bond donors (Lipinski definition) is 1. The fourth-order valence-corrected chi connectivity index (χ4v) is 2.30. The molecule has 1 aliphatic heterocycles. The number of hydrogen-bond acceptors (Lipinski definition) is 1. The van der Waals surface area contributed by atoms with Gasteiger partial charge in [-0.05, 0) is 24.3 Å². The van der Waals surface area contributed by atoms with Crippen LogP contribution in [0.15, 0.2) is 34.9 Å². The van der Waals surface area contributed by atoms with E-state index in [0.717, 1.165) is 17.6 Å². The molecule has 3 heteroatoms. The van der Waals surface area contributed by atoms with Crippen LogP contribution in [-0.2, 0) is 0 Å². The summed E-state index contributed by atoms with van der Waals surface area (Å²) < 4.78 is 3.51. The molecular formula is C11H11BrN2. The maximum atomic E-state index is 3.49. The van der Waals surface area contributed by atoms with Gasteiger partial charge >= 0.3 is 0 Å². The quantitative estimate of drug-likeness (QED) is 0.824. The van der Waals surface area contributed by atoms with Gasteiger partial charge in [0.25, 0.3) is 0 Å². The minimum absolute atomic E-state index is 0.647. The molecule has 1 aromatic heterocycles. The minimum Gasteiger partial charge on any atom is -0.342 e. The number of nitrogens with one attached hydrogen (secondary N) is 1. The first-order valence-electron chi connectivity index (χ1n) is 4.81. The molecule has 0 saturated carbocycles. The molecule has 2 aromatic rings. The van der Waals surface area contributed by atoms with Crippen LogP contribution in [0.1, 0.15) is 6.04 Å². The molecule has 3 rings (SSSR count). The van der Waals surface area contributed by atoms with Crippen molar-refractivity contribution in [1.29, 1.82) is 0 Å². The van der Waals surface area contributed by atoms with Gasteiger partial charge in [-0.1, -0.05) is 15.9 Å². The lowest BCUT2D eigenvalue weighted by Gasteiger charge is -2.29. The standard InChI is InChI=1S/C11H11BrN2/c12-9-1-2-11-8(5-9)3-4-14(11)10-6-13-7-10/h1-5,10,13H,6-7H2. The molecule has 0 unspecified atom stereocenters. The molecule has 1 aliphatic rings. The zero-order valence-corrected chi connectivity index (χ0v) is 9.29. The van der Waals surface area contributed by atoms with Crippen molar-refractivity contribution in [1.82, 2.24) is 9.88 Å². The zero-order valence-electron chi connectivity index (χ0n) is 7.70. The number of rotatable bonds is 1. The van der Waals surface area contributed by atoms with Crippen LogP contribution < -0.4 is 5.32 Å². The Balaban J connectivity index is 2.16.